The highest BCUT2D eigenvalue weighted by atomic mass is 79.9. The number of pyridine rings is 1. The van der Waals surface area contributed by atoms with E-state index in [2.05, 4.69) is 20.9 Å². The molecule has 0 spiro atoms. The zero-order valence-electron chi connectivity index (χ0n) is 5.73. The molecule has 1 N–H and O–H groups in total. The summed E-state index contributed by atoms with van der Waals surface area (Å²) in [7, 11) is 0. The van der Waals surface area contributed by atoms with Crippen LogP contribution in [0.15, 0.2) is 20.7 Å². The number of halogens is 2. The van der Waals surface area contributed by atoms with E-state index in [0.29, 0.717) is 5.02 Å². The van der Waals surface area contributed by atoms with Crippen LogP contribution in [0.3, 0.4) is 0 Å². The Hall–Kier alpha value is -0.320. The lowest BCUT2D eigenvalue weighted by molar-refractivity contribution is 1.33. The number of hydrogen-bond acceptors (Lipinski definition) is 2. The minimum absolute atomic E-state index is 0.165. The predicted octanol–water partition coefficient (Wildman–Crippen LogP) is 3.01. The number of aromatic nitrogens is 1. The van der Waals surface area contributed by atoms with Gasteiger partial charge >= 0.3 is 0 Å². The molecule has 0 fully saturated rings. The topological polar surface area (TPSA) is 32.9 Å². The van der Waals surface area contributed by atoms with Crippen LogP contribution in [0.5, 0.6) is 0 Å². The summed E-state index contributed by atoms with van der Waals surface area (Å²) < 4.78 is 0.959. The van der Waals surface area contributed by atoms with E-state index in [4.69, 9.17) is 11.6 Å². The number of nitrogens with one attached hydrogen (secondary N) is 1. The fourth-order valence-electron chi connectivity index (χ4n) is 0.972. The minimum atomic E-state index is -0.165. The Balaban J connectivity index is 2.97. The van der Waals surface area contributed by atoms with Crippen molar-refractivity contribution in [3.05, 3.63) is 31.3 Å². The van der Waals surface area contributed by atoms with Gasteiger partial charge in [-0.25, -0.2) is 0 Å². The molecule has 2 aromatic heterocycles. The second kappa shape index (κ2) is 2.87. The Bertz CT molecular complexity index is 490. The Morgan fingerprint density at radius 3 is 3.00 bits per heavy atom. The van der Waals surface area contributed by atoms with Gasteiger partial charge in [-0.2, -0.15) is 0 Å². The van der Waals surface area contributed by atoms with Crippen molar-refractivity contribution in [2.45, 2.75) is 0 Å². The van der Waals surface area contributed by atoms with Crippen LogP contribution >= 0.6 is 38.9 Å². The van der Waals surface area contributed by atoms with Crippen molar-refractivity contribution in [1.29, 1.82) is 0 Å². The summed E-state index contributed by atoms with van der Waals surface area (Å²) >= 11 is 10.6. The first-order valence-electron chi connectivity index (χ1n) is 3.15. The molecule has 2 aromatic rings. The zero-order chi connectivity index (χ0) is 8.72. The van der Waals surface area contributed by atoms with Crippen LogP contribution in [0.25, 0.3) is 10.2 Å². The second-order valence-electron chi connectivity index (χ2n) is 2.27. The molecule has 0 saturated carbocycles. The summed E-state index contributed by atoms with van der Waals surface area (Å²) in [4.78, 5) is 14.5. The van der Waals surface area contributed by atoms with Crippen molar-refractivity contribution in [3.8, 4) is 0 Å². The maximum Gasteiger partial charge on any atom is 0.250 e. The molecule has 0 bridgehead atoms. The summed E-state index contributed by atoms with van der Waals surface area (Å²) in [5.74, 6) is 0. The van der Waals surface area contributed by atoms with Crippen molar-refractivity contribution in [3.63, 3.8) is 0 Å². The van der Waals surface area contributed by atoms with Crippen molar-refractivity contribution in [1.82, 2.24) is 4.98 Å². The van der Waals surface area contributed by atoms with Gasteiger partial charge in [-0.3, -0.25) is 4.79 Å². The van der Waals surface area contributed by atoms with Gasteiger partial charge in [0.2, 0.25) is 0 Å². The normalized spacial score (nSPS) is 10.8. The summed E-state index contributed by atoms with van der Waals surface area (Å²) in [5.41, 5.74) is -0.165. The van der Waals surface area contributed by atoms with Crippen LogP contribution in [0, 0.1) is 0 Å². The number of rotatable bonds is 0. The molecule has 0 aliphatic heterocycles. The first-order chi connectivity index (χ1) is 5.66. The molecule has 5 heteroatoms. The third-order valence-electron chi connectivity index (χ3n) is 1.45. The molecule has 2 rings (SSSR count). The molecule has 0 radical (unpaired) electrons. The first kappa shape index (κ1) is 8.29. The molecule has 0 unspecified atom stereocenters. The lowest BCUT2D eigenvalue weighted by atomic mass is 10.3. The van der Waals surface area contributed by atoms with Gasteiger partial charge in [0.25, 0.3) is 5.56 Å². The largest absolute Gasteiger partial charge is 0.313 e. The van der Waals surface area contributed by atoms with Crippen molar-refractivity contribution in [2.75, 3.05) is 0 Å². The molecule has 0 amide bonds. The van der Waals surface area contributed by atoms with E-state index in [9.17, 15) is 4.79 Å². The van der Waals surface area contributed by atoms with E-state index < -0.39 is 0 Å². The molecular formula is C7H3BrClNOS. The number of thiophene rings is 1. The quantitative estimate of drug-likeness (QED) is 0.779. The molecule has 0 saturated heterocycles. The van der Waals surface area contributed by atoms with Crippen molar-refractivity contribution in [2.24, 2.45) is 0 Å². The molecular weight excluding hydrogens is 262 g/mol. The van der Waals surface area contributed by atoms with Gasteiger partial charge in [-0.15, -0.1) is 11.3 Å². The Morgan fingerprint density at radius 2 is 2.25 bits per heavy atom. The number of hydrogen-bond donors (Lipinski definition) is 1. The van der Waals surface area contributed by atoms with E-state index in [1.807, 2.05) is 6.07 Å². The second-order valence-corrected chi connectivity index (χ2v) is 5.11. The Labute approximate surface area is 85.3 Å². The van der Waals surface area contributed by atoms with E-state index in [-0.39, 0.29) is 5.56 Å². The summed E-state index contributed by atoms with van der Waals surface area (Å²) in [6.45, 7) is 0. The van der Waals surface area contributed by atoms with Crippen LogP contribution in [-0.2, 0) is 0 Å². The number of aromatic amines is 1. The monoisotopic (exact) mass is 263 g/mol. The van der Waals surface area contributed by atoms with Gasteiger partial charge in [0, 0.05) is 11.5 Å². The van der Waals surface area contributed by atoms with Gasteiger partial charge in [0.05, 0.1) is 8.81 Å². The highest BCUT2D eigenvalue weighted by Gasteiger charge is 2.04. The van der Waals surface area contributed by atoms with Crippen LogP contribution in [0.1, 0.15) is 0 Å². The first-order valence-corrected chi connectivity index (χ1v) is 5.13. The maximum atomic E-state index is 11.0. The van der Waals surface area contributed by atoms with Gasteiger partial charge in [0.1, 0.15) is 4.83 Å². The van der Waals surface area contributed by atoms with Crippen LogP contribution in [0.4, 0.5) is 0 Å². The fourth-order valence-corrected chi connectivity index (χ4v) is 2.79. The average Bonchev–Trinajstić information content (AvgIpc) is 2.29. The SMILES string of the molecule is O=c1cc(Cl)c2cc(Br)sc2[nH]1. The lowest BCUT2D eigenvalue weighted by Crippen LogP contribution is -2.01. The van der Waals surface area contributed by atoms with Gasteiger partial charge in [0.15, 0.2) is 0 Å². The number of H-pyrrole nitrogens is 1. The minimum Gasteiger partial charge on any atom is -0.313 e. The Kier molecular flexibility index (Phi) is 1.98. The lowest BCUT2D eigenvalue weighted by Gasteiger charge is -1.89. The predicted molar refractivity (Wildman–Crippen MR) is 55.2 cm³/mol. The van der Waals surface area contributed by atoms with Crippen molar-refractivity contribution < 1.29 is 0 Å². The molecule has 0 atom stereocenters. The van der Waals surface area contributed by atoms with E-state index in [1.165, 1.54) is 17.4 Å². The van der Waals surface area contributed by atoms with Gasteiger partial charge < -0.3 is 4.98 Å². The summed E-state index contributed by atoms with van der Waals surface area (Å²) in [5, 5.41) is 1.38. The van der Waals surface area contributed by atoms with Crippen LogP contribution < -0.4 is 5.56 Å². The molecule has 0 aromatic carbocycles. The highest BCUT2D eigenvalue weighted by Crippen LogP contribution is 2.31. The standard InChI is InChI=1S/C7H3BrClNOS/c8-5-1-3-4(9)2-6(11)10-7(3)12-5/h1-2H,(H,10,11). The molecule has 62 valence electrons. The highest BCUT2D eigenvalue weighted by molar-refractivity contribution is 9.11. The van der Waals surface area contributed by atoms with E-state index in [1.54, 1.807) is 0 Å². The summed E-state index contributed by atoms with van der Waals surface area (Å²) in [6.07, 6.45) is 0. The van der Waals surface area contributed by atoms with Crippen LogP contribution in [0.2, 0.25) is 5.02 Å². The zero-order valence-corrected chi connectivity index (χ0v) is 8.89. The maximum absolute atomic E-state index is 11.0. The Morgan fingerprint density at radius 1 is 1.50 bits per heavy atom. The number of fused-ring (bicyclic) bond motifs is 1. The van der Waals surface area contributed by atoms with E-state index >= 15 is 0 Å². The fraction of sp³-hybridized carbons (Fsp3) is 0. The van der Waals surface area contributed by atoms with E-state index in [0.717, 1.165) is 14.0 Å². The molecule has 2 nitrogen and oxygen atoms in total. The van der Waals surface area contributed by atoms with Gasteiger partial charge in [-0.1, -0.05) is 11.6 Å². The third kappa shape index (κ3) is 1.30. The molecule has 0 aliphatic carbocycles. The smallest absolute Gasteiger partial charge is 0.250 e. The third-order valence-corrected chi connectivity index (χ3v) is 3.32. The molecule has 0 aliphatic rings. The van der Waals surface area contributed by atoms with Gasteiger partial charge in [-0.05, 0) is 22.0 Å². The van der Waals surface area contributed by atoms with Crippen LogP contribution in [-0.4, -0.2) is 4.98 Å². The molecule has 2 heterocycles. The molecule has 12 heavy (non-hydrogen) atoms. The van der Waals surface area contributed by atoms with Crippen molar-refractivity contribution >= 4 is 49.1 Å². The summed E-state index contributed by atoms with van der Waals surface area (Å²) in [6, 6.07) is 3.27. The average molecular weight is 265 g/mol.